The van der Waals surface area contributed by atoms with Crippen molar-refractivity contribution in [2.45, 2.75) is 6.04 Å². The molecule has 0 spiro atoms. The topological polar surface area (TPSA) is 65.4 Å². The van der Waals surface area contributed by atoms with Crippen molar-refractivity contribution in [1.82, 2.24) is 14.9 Å². The Bertz CT molecular complexity index is 1270. The summed E-state index contributed by atoms with van der Waals surface area (Å²) < 4.78 is 26.5. The smallest absolute Gasteiger partial charge is 0.262 e. The second-order valence-electron chi connectivity index (χ2n) is 7.38. The molecule has 4 aromatic rings. The van der Waals surface area contributed by atoms with Crippen LogP contribution in [0, 0.1) is 5.82 Å². The predicted octanol–water partition coefficient (Wildman–Crippen LogP) is 4.58. The largest absolute Gasteiger partial charge is 0.486 e. The lowest BCUT2D eigenvalue weighted by Gasteiger charge is -2.19. The molecule has 0 radical (unpaired) electrons. The van der Waals surface area contributed by atoms with E-state index in [1.807, 2.05) is 42.1 Å². The summed E-state index contributed by atoms with van der Waals surface area (Å²) >= 11 is 1.39. The molecule has 0 unspecified atom stereocenters. The van der Waals surface area contributed by atoms with E-state index in [1.165, 1.54) is 23.5 Å². The van der Waals surface area contributed by atoms with Crippen LogP contribution in [0.5, 0.6) is 11.5 Å². The Hall–Kier alpha value is -3.65. The number of rotatable bonds is 5. The highest BCUT2D eigenvalue weighted by molar-refractivity contribution is 7.17. The highest BCUT2D eigenvalue weighted by Gasteiger charge is 2.23. The number of ether oxygens (including phenoxy) is 2. The first kappa shape index (κ1) is 20.3. The Morgan fingerprint density at radius 2 is 1.88 bits per heavy atom. The molecule has 3 heterocycles. The first-order chi connectivity index (χ1) is 15.6. The summed E-state index contributed by atoms with van der Waals surface area (Å²) in [6.45, 7) is 1.06. The van der Waals surface area contributed by atoms with Crippen molar-refractivity contribution >= 4 is 17.2 Å². The number of aromatic nitrogens is 2. The van der Waals surface area contributed by atoms with Crippen molar-refractivity contribution in [3.63, 3.8) is 0 Å². The fraction of sp³-hybridized carbons (Fsp3) is 0.167. The van der Waals surface area contributed by atoms with Crippen molar-refractivity contribution in [3.05, 3.63) is 89.1 Å². The van der Waals surface area contributed by atoms with Crippen LogP contribution in [0.1, 0.15) is 27.1 Å². The van der Waals surface area contributed by atoms with Crippen LogP contribution in [0.3, 0.4) is 0 Å². The maximum atomic E-state index is 13.4. The molecule has 1 aliphatic rings. The van der Waals surface area contributed by atoms with Crippen molar-refractivity contribution in [3.8, 4) is 21.9 Å². The number of carbonyl (C=O) groups is 1. The summed E-state index contributed by atoms with van der Waals surface area (Å²) in [5, 5.41) is 3.05. The summed E-state index contributed by atoms with van der Waals surface area (Å²) in [5.74, 6) is 1.54. The van der Waals surface area contributed by atoms with Gasteiger partial charge in [-0.05, 0) is 53.6 Å². The number of amides is 1. The number of aryl methyl sites for hydroxylation is 1. The van der Waals surface area contributed by atoms with E-state index in [-0.39, 0.29) is 11.7 Å². The molecular weight excluding hydrogens is 429 g/mol. The molecule has 2 aromatic heterocycles. The molecule has 0 bridgehead atoms. The molecule has 162 valence electrons. The number of imidazole rings is 1. The van der Waals surface area contributed by atoms with Gasteiger partial charge in [-0.2, -0.15) is 0 Å². The van der Waals surface area contributed by atoms with Gasteiger partial charge < -0.3 is 19.4 Å². The van der Waals surface area contributed by atoms with Crippen molar-refractivity contribution in [2.24, 2.45) is 7.05 Å². The van der Waals surface area contributed by atoms with E-state index in [0.717, 1.165) is 21.8 Å². The van der Waals surface area contributed by atoms with E-state index in [0.29, 0.717) is 29.7 Å². The van der Waals surface area contributed by atoms with Crippen LogP contribution in [-0.2, 0) is 7.05 Å². The average molecular weight is 450 g/mol. The number of carbonyl (C=O) groups excluding carboxylic acids is 1. The van der Waals surface area contributed by atoms with Crippen LogP contribution in [0.2, 0.25) is 0 Å². The van der Waals surface area contributed by atoms with Gasteiger partial charge in [-0.1, -0.05) is 12.1 Å². The quantitative estimate of drug-likeness (QED) is 0.485. The molecule has 32 heavy (non-hydrogen) atoms. The van der Waals surface area contributed by atoms with E-state index in [2.05, 4.69) is 10.3 Å². The van der Waals surface area contributed by atoms with Crippen LogP contribution in [0.25, 0.3) is 10.4 Å². The SMILES string of the molecule is Cn1ccnc1[C@@H](NC(=O)c1ccc(-c2ccc3c(c2)OCCO3)s1)c1ccc(F)cc1. The Morgan fingerprint density at radius 3 is 2.62 bits per heavy atom. The molecule has 1 aliphatic heterocycles. The van der Waals surface area contributed by atoms with E-state index < -0.39 is 6.04 Å². The number of nitrogens with zero attached hydrogens (tertiary/aromatic N) is 2. The normalized spacial score (nSPS) is 13.6. The summed E-state index contributed by atoms with van der Waals surface area (Å²) in [5.41, 5.74) is 1.70. The number of benzene rings is 2. The van der Waals surface area contributed by atoms with Gasteiger partial charge in [-0.15, -0.1) is 11.3 Å². The molecule has 0 saturated heterocycles. The van der Waals surface area contributed by atoms with Crippen LogP contribution in [0.4, 0.5) is 4.39 Å². The average Bonchev–Trinajstić information content (AvgIpc) is 3.47. The van der Waals surface area contributed by atoms with Crippen LogP contribution in [-0.4, -0.2) is 28.7 Å². The second kappa shape index (κ2) is 8.47. The number of fused-ring (bicyclic) bond motifs is 1. The molecule has 1 amide bonds. The van der Waals surface area contributed by atoms with Gasteiger partial charge in [0, 0.05) is 24.3 Å². The number of hydrogen-bond acceptors (Lipinski definition) is 5. The van der Waals surface area contributed by atoms with E-state index in [4.69, 9.17) is 9.47 Å². The molecule has 8 heteroatoms. The zero-order valence-electron chi connectivity index (χ0n) is 17.2. The van der Waals surface area contributed by atoms with Crippen molar-refractivity contribution in [1.29, 1.82) is 0 Å². The zero-order chi connectivity index (χ0) is 22.1. The Balaban J connectivity index is 1.40. The Kier molecular flexibility index (Phi) is 5.36. The highest BCUT2D eigenvalue weighted by Crippen LogP contribution is 2.37. The summed E-state index contributed by atoms with van der Waals surface area (Å²) in [4.78, 5) is 19.0. The molecule has 0 aliphatic carbocycles. The summed E-state index contributed by atoms with van der Waals surface area (Å²) in [6, 6.07) is 15.0. The van der Waals surface area contributed by atoms with Gasteiger partial charge in [-0.25, -0.2) is 9.37 Å². The maximum absolute atomic E-state index is 13.4. The number of nitrogens with one attached hydrogen (secondary N) is 1. The standard InChI is InChI=1S/C24H20FN3O3S/c1-28-11-10-26-23(28)22(15-2-5-17(25)6-3-15)27-24(29)21-9-8-20(32-21)16-4-7-18-19(14-16)31-13-12-30-18/h2-11,14,22H,12-13H2,1H3,(H,27,29)/t22-/m0/s1. The van der Waals surface area contributed by atoms with Crippen LogP contribution < -0.4 is 14.8 Å². The third-order valence-corrected chi connectivity index (χ3v) is 6.38. The van der Waals surface area contributed by atoms with Gasteiger partial charge in [0.15, 0.2) is 11.5 Å². The molecule has 2 aromatic carbocycles. The molecular formula is C24H20FN3O3S. The second-order valence-corrected chi connectivity index (χ2v) is 8.46. The van der Waals surface area contributed by atoms with E-state index in [1.54, 1.807) is 24.4 Å². The minimum Gasteiger partial charge on any atom is -0.486 e. The first-order valence-corrected chi connectivity index (χ1v) is 10.9. The molecule has 1 atom stereocenters. The van der Waals surface area contributed by atoms with Crippen molar-refractivity contribution < 1.29 is 18.7 Å². The third-order valence-electron chi connectivity index (χ3n) is 5.25. The van der Waals surface area contributed by atoms with Gasteiger partial charge in [0.05, 0.1) is 4.88 Å². The summed E-state index contributed by atoms with van der Waals surface area (Å²) in [7, 11) is 1.86. The summed E-state index contributed by atoms with van der Waals surface area (Å²) in [6.07, 6.45) is 3.48. The predicted molar refractivity (Wildman–Crippen MR) is 120 cm³/mol. The van der Waals surface area contributed by atoms with Gasteiger partial charge in [0.25, 0.3) is 5.91 Å². The van der Waals surface area contributed by atoms with Gasteiger partial charge in [0.1, 0.15) is 30.9 Å². The zero-order valence-corrected chi connectivity index (χ0v) is 18.1. The van der Waals surface area contributed by atoms with E-state index in [9.17, 15) is 9.18 Å². The number of hydrogen-bond donors (Lipinski definition) is 1. The first-order valence-electron chi connectivity index (χ1n) is 10.1. The third kappa shape index (κ3) is 3.97. The lowest BCUT2D eigenvalue weighted by atomic mass is 10.1. The Morgan fingerprint density at radius 1 is 1.09 bits per heavy atom. The molecule has 0 saturated carbocycles. The minimum atomic E-state index is -0.511. The van der Waals surface area contributed by atoms with Crippen molar-refractivity contribution in [2.75, 3.05) is 13.2 Å². The molecule has 6 nitrogen and oxygen atoms in total. The molecule has 1 N–H and O–H groups in total. The molecule has 0 fully saturated rings. The van der Waals surface area contributed by atoms with E-state index >= 15 is 0 Å². The fourth-order valence-corrected chi connectivity index (χ4v) is 4.53. The monoisotopic (exact) mass is 449 g/mol. The highest BCUT2D eigenvalue weighted by atomic mass is 32.1. The van der Waals surface area contributed by atoms with Gasteiger partial charge in [-0.3, -0.25) is 4.79 Å². The van der Waals surface area contributed by atoms with Crippen LogP contribution in [0.15, 0.2) is 67.0 Å². The molecule has 5 rings (SSSR count). The Labute approximate surface area is 188 Å². The van der Waals surface area contributed by atoms with Gasteiger partial charge in [0.2, 0.25) is 0 Å². The number of thiophene rings is 1. The fourth-order valence-electron chi connectivity index (χ4n) is 3.62. The van der Waals surface area contributed by atoms with Gasteiger partial charge >= 0.3 is 0 Å². The lowest BCUT2D eigenvalue weighted by Crippen LogP contribution is -2.30. The maximum Gasteiger partial charge on any atom is 0.262 e. The number of halogens is 1. The van der Waals surface area contributed by atoms with Crippen LogP contribution >= 0.6 is 11.3 Å². The lowest BCUT2D eigenvalue weighted by molar-refractivity contribution is 0.0945. The minimum absolute atomic E-state index is 0.226.